The van der Waals surface area contributed by atoms with Gasteiger partial charge in [-0.1, -0.05) is 12.1 Å². The van der Waals surface area contributed by atoms with Gasteiger partial charge in [0.15, 0.2) is 0 Å². The second-order valence-electron chi connectivity index (χ2n) is 6.78. The van der Waals surface area contributed by atoms with Crippen LogP contribution in [0, 0.1) is 0 Å². The van der Waals surface area contributed by atoms with Crippen LogP contribution in [0.5, 0.6) is 5.75 Å². The Bertz CT molecular complexity index is 566. The van der Waals surface area contributed by atoms with E-state index in [0.29, 0.717) is 18.7 Å². The van der Waals surface area contributed by atoms with Crippen molar-refractivity contribution in [2.45, 2.75) is 52.7 Å². The van der Waals surface area contributed by atoms with E-state index >= 15 is 0 Å². The molecule has 1 aromatic carbocycles. The van der Waals surface area contributed by atoms with E-state index in [9.17, 15) is 9.59 Å². The van der Waals surface area contributed by atoms with Crippen LogP contribution in [0.15, 0.2) is 24.3 Å². The van der Waals surface area contributed by atoms with Crippen LogP contribution in [0.3, 0.4) is 0 Å². The monoisotopic (exact) mass is 336 g/mol. The second-order valence-corrected chi connectivity index (χ2v) is 6.78. The van der Waals surface area contributed by atoms with Crippen molar-refractivity contribution in [2.24, 2.45) is 0 Å². The summed E-state index contributed by atoms with van der Waals surface area (Å²) in [6.07, 6.45) is -0.231. The van der Waals surface area contributed by atoms with Crippen molar-refractivity contribution in [1.82, 2.24) is 10.2 Å². The van der Waals surface area contributed by atoms with Crippen molar-refractivity contribution in [3.63, 3.8) is 0 Å². The Morgan fingerprint density at radius 1 is 1.29 bits per heavy atom. The van der Waals surface area contributed by atoms with Gasteiger partial charge in [0.25, 0.3) is 0 Å². The van der Waals surface area contributed by atoms with Crippen LogP contribution in [0.2, 0.25) is 0 Å². The molecule has 1 atom stereocenters. The number of alkyl carbamates (subject to hydrolysis) is 1. The van der Waals surface area contributed by atoms with Gasteiger partial charge in [-0.15, -0.1) is 0 Å². The van der Waals surface area contributed by atoms with Gasteiger partial charge in [0.2, 0.25) is 0 Å². The van der Waals surface area contributed by atoms with Crippen LogP contribution in [-0.2, 0) is 11.2 Å². The molecule has 0 radical (unpaired) electrons. The molecule has 0 aliphatic carbocycles. The lowest BCUT2D eigenvalue weighted by Gasteiger charge is -2.22. The highest BCUT2D eigenvalue weighted by atomic mass is 16.6. The zero-order valence-corrected chi connectivity index (χ0v) is 15.4. The third-order valence-corrected chi connectivity index (χ3v) is 3.19. The summed E-state index contributed by atoms with van der Waals surface area (Å²) < 4.78 is 10.5. The average Bonchev–Trinajstić information content (AvgIpc) is 2.44. The molecule has 1 aromatic rings. The smallest absolute Gasteiger partial charge is 0.414 e. The molecule has 2 amide bonds. The molecule has 1 unspecified atom stereocenters. The number of nitrogens with one attached hydrogen (secondary N) is 1. The number of nitrogens with zero attached hydrogens (tertiary/aromatic N) is 1. The molecule has 0 aliphatic heterocycles. The van der Waals surface area contributed by atoms with Crippen molar-refractivity contribution in [3.05, 3.63) is 29.8 Å². The first kappa shape index (κ1) is 19.8. The highest BCUT2D eigenvalue weighted by molar-refractivity contribution is 5.70. The zero-order valence-electron chi connectivity index (χ0n) is 15.4. The third-order valence-electron chi connectivity index (χ3n) is 3.19. The molecule has 0 aliphatic rings. The largest absolute Gasteiger partial charge is 0.444 e. The van der Waals surface area contributed by atoms with Gasteiger partial charge in [0, 0.05) is 19.6 Å². The van der Waals surface area contributed by atoms with E-state index in [-0.39, 0.29) is 6.04 Å². The maximum atomic E-state index is 11.8. The maximum absolute atomic E-state index is 11.8. The molecule has 1 rings (SSSR count). The molecular weight excluding hydrogens is 308 g/mol. The molecule has 24 heavy (non-hydrogen) atoms. The summed E-state index contributed by atoms with van der Waals surface area (Å²) in [4.78, 5) is 25.0. The molecule has 0 fully saturated rings. The van der Waals surface area contributed by atoms with Crippen LogP contribution < -0.4 is 10.1 Å². The number of carbonyl (C=O) groups is 2. The maximum Gasteiger partial charge on any atom is 0.414 e. The van der Waals surface area contributed by atoms with E-state index in [2.05, 4.69) is 5.32 Å². The van der Waals surface area contributed by atoms with Crippen molar-refractivity contribution < 1.29 is 19.1 Å². The van der Waals surface area contributed by atoms with E-state index in [4.69, 9.17) is 9.47 Å². The Morgan fingerprint density at radius 3 is 2.54 bits per heavy atom. The van der Waals surface area contributed by atoms with Crippen molar-refractivity contribution in [1.29, 1.82) is 0 Å². The van der Waals surface area contributed by atoms with Crippen LogP contribution in [0.1, 0.15) is 40.2 Å². The van der Waals surface area contributed by atoms with Gasteiger partial charge in [0.05, 0.1) is 0 Å². The Balaban J connectivity index is 2.60. The Labute approximate surface area is 144 Å². The molecule has 6 heteroatoms. The van der Waals surface area contributed by atoms with Gasteiger partial charge in [0.1, 0.15) is 11.4 Å². The van der Waals surface area contributed by atoms with Crippen molar-refractivity contribution >= 4 is 12.2 Å². The quantitative estimate of drug-likeness (QED) is 0.892. The third kappa shape index (κ3) is 7.35. The summed E-state index contributed by atoms with van der Waals surface area (Å²) in [5, 5.41) is 2.80. The Kier molecular flexibility index (Phi) is 7.07. The number of hydrogen-bond acceptors (Lipinski definition) is 4. The Hall–Kier alpha value is -2.24. The van der Waals surface area contributed by atoms with E-state index in [1.165, 1.54) is 4.90 Å². The second kappa shape index (κ2) is 8.57. The lowest BCUT2D eigenvalue weighted by Crippen LogP contribution is -2.38. The fraction of sp³-hybridized carbons (Fsp3) is 0.556. The van der Waals surface area contributed by atoms with Crippen LogP contribution in [-0.4, -0.2) is 42.3 Å². The lowest BCUT2D eigenvalue weighted by molar-refractivity contribution is 0.0508. The summed E-state index contributed by atoms with van der Waals surface area (Å²) in [7, 11) is 1.68. The number of ether oxygens (including phenoxy) is 2. The summed E-state index contributed by atoms with van der Waals surface area (Å²) in [5.74, 6) is 0.488. The van der Waals surface area contributed by atoms with Gasteiger partial charge >= 0.3 is 12.2 Å². The molecule has 0 bridgehead atoms. The average molecular weight is 336 g/mol. The van der Waals surface area contributed by atoms with Crippen LogP contribution in [0.4, 0.5) is 9.59 Å². The first-order chi connectivity index (χ1) is 11.1. The highest BCUT2D eigenvalue weighted by Crippen LogP contribution is 2.16. The van der Waals surface area contributed by atoms with E-state index in [1.54, 1.807) is 19.2 Å². The molecule has 0 spiro atoms. The summed E-state index contributed by atoms with van der Waals surface area (Å²) in [6, 6.07) is 7.17. The minimum atomic E-state index is -0.525. The molecule has 0 saturated carbocycles. The lowest BCUT2D eigenvalue weighted by atomic mass is 10.1. The molecule has 134 valence electrons. The molecular formula is C18H28N2O4. The van der Waals surface area contributed by atoms with Crippen LogP contribution >= 0.6 is 0 Å². The first-order valence-corrected chi connectivity index (χ1v) is 8.12. The normalized spacial score (nSPS) is 12.2. The van der Waals surface area contributed by atoms with Gasteiger partial charge in [-0.05, 0) is 58.7 Å². The topological polar surface area (TPSA) is 67.9 Å². The molecule has 0 aromatic heterocycles. The standard InChI is InChI=1S/C18H28N2O4/c1-7-20(6)17(22)23-15-10-8-9-14(12-15)11-13(2)19-16(21)24-18(3,4)5/h8-10,12-13H,7,11H2,1-6H3,(H,19,21). The van der Waals surface area contributed by atoms with Gasteiger partial charge < -0.3 is 19.7 Å². The van der Waals surface area contributed by atoms with E-state index < -0.39 is 17.8 Å². The van der Waals surface area contributed by atoms with Gasteiger partial charge in [-0.25, -0.2) is 9.59 Å². The number of hydrogen-bond donors (Lipinski definition) is 1. The minimum Gasteiger partial charge on any atom is -0.444 e. The molecule has 6 nitrogen and oxygen atoms in total. The molecule has 1 N–H and O–H groups in total. The summed E-state index contributed by atoms with van der Waals surface area (Å²) >= 11 is 0. The molecule has 0 heterocycles. The van der Waals surface area contributed by atoms with Crippen molar-refractivity contribution in [2.75, 3.05) is 13.6 Å². The number of amides is 2. The fourth-order valence-electron chi connectivity index (χ4n) is 1.96. The summed E-state index contributed by atoms with van der Waals surface area (Å²) in [5.41, 5.74) is 0.437. The van der Waals surface area contributed by atoms with E-state index in [0.717, 1.165) is 5.56 Å². The number of rotatable bonds is 5. The fourth-order valence-corrected chi connectivity index (χ4v) is 1.96. The number of carbonyl (C=O) groups excluding carboxylic acids is 2. The zero-order chi connectivity index (χ0) is 18.3. The highest BCUT2D eigenvalue weighted by Gasteiger charge is 2.18. The predicted octanol–water partition coefficient (Wildman–Crippen LogP) is 3.59. The van der Waals surface area contributed by atoms with E-state index in [1.807, 2.05) is 46.8 Å². The van der Waals surface area contributed by atoms with Gasteiger partial charge in [-0.3, -0.25) is 0 Å². The van der Waals surface area contributed by atoms with Crippen molar-refractivity contribution in [3.8, 4) is 5.75 Å². The first-order valence-electron chi connectivity index (χ1n) is 8.12. The molecule has 0 saturated heterocycles. The SMILES string of the molecule is CCN(C)C(=O)Oc1cccc(CC(C)NC(=O)OC(C)(C)C)c1. The Morgan fingerprint density at radius 2 is 1.96 bits per heavy atom. The van der Waals surface area contributed by atoms with Gasteiger partial charge in [-0.2, -0.15) is 0 Å². The predicted molar refractivity (Wildman–Crippen MR) is 93.3 cm³/mol. The number of benzene rings is 1. The van der Waals surface area contributed by atoms with Crippen LogP contribution in [0.25, 0.3) is 0 Å². The minimum absolute atomic E-state index is 0.107. The summed E-state index contributed by atoms with van der Waals surface area (Å²) in [6.45, 7) is 9.82.